The summed E-state index contributed by atoms with van der Waals surface area (Å²) in [6.07, 6.45) is 0. The molecule has 0 aliphatic carbocycles. The molecule has 0 bridgehead atoms. The van der Waals surface area contributed by atoms with Crippen LogP contribution in [0.2, 0.25) is 0 Å². The van der Waals surface area contributed by atoms with Gasteiger partial charge in [-0.05, 0) is 39.8 Å². The highest BCUT2D eigenvalue weighted by molar-refractivity contribution is 7.92. The second-order valence-corrected chi connectivity index (χ2v) is 7.55. The van der Waals surface area contributed by atoms with E-state index in [1.807, 2.05) is 32.0 Å². The molecule has 1 aromatic carbocycles. The molecule has 0 unspecified atom stereocenters. The van der Waals surface area contributed by atoms with Crippen LogP contribution >= 0.6 is 0 Å². The van der Waals surface area contributed by atoms with E-state index in [2.05, 4.69) is 5.32 Å². The summed E-state index contributed by atoms with van der Waals surface area (Å²) in [5.41, 5.74) is 0.820. The van der Waals surface area contributed by atoms with Crippen LogP contribution in [0.3, 0.4) is 0 Å². The van der Waals surface area contributed by atoms with Crippen molar-refractivity contribution in [2.45, 2.75) is 32.9 Å². The molecule has 1 aromatic rings. The van der Waals surface area contributed by atoms with Gasteiger partial charge in [-0.1, -0.05) is 0 Å². The molecule has 1 rings (SSSR count). The minimum Gasteiger partial charge on any atom is -0.490 e. The summed E-state index contributed by atoms with van der Waals surface area (Å²) in [7, 11) is -3.02. The molecule has 120 valence electrons. The zero-order chi connectivity index (χ0) is 15.9. The second-order valence-electron chi connectivity index (χ2n) is 4.87. The number of anilines is 1. The van der Waals surface area contributed by atoms with Gasteiger partial charge in [0.1, 0.15) is 0 Å². The lowest BCUT2D eigenvalue weighted by Crippen LogP contribution is -2.22. The maximum absolute atomic E-state index is 11.7. The predicted octanol–water partition coefficient (Wildman–Crippen LogP) is 2.72. The molecule has 0 aliphatic rings. The number of benzene rings is 1. The van der Waals surface area contributed by atoms with Crippen molar-refractivity contribution in [1.29, 1.82) is 0 Å². The fourth-order valence-electron chi connectivity index (χ4n) is 1.73. The summed E-state index contributed by atoms with van der Waals surface area (Å²) in [5.74, 6) is 1.47. The first-order chi connectivity index (χ1) is 9.90. The van der Waals surface area contributed by atoms with Gasteiger partial charge in [-0.25, -0.2) is 8.42 Å². The smallest absolute Gasteiger partial charge is 0.163 e. The van der Waals surface area contributed by atoms with E-state index in [0.717, 1.165) is 5.69 Å². The lowest BCUT2D eigenvalue weighted by Gasteiger charge is -2.14. The average molecular weight is 315 g/mol. The topological polar surface area (TPSA) is 64.6 Å². The maximum atomic E-state index is 11.7. The van der Waals surface area contributed by atoms with Crippen molar-refractivity contribution in [3.63, 3.8) is 0 Å². The van der Waals surface area contributed by atoms with Crippen LogP contribution < -0.4 is 14.8 Å². The van der Waals surface area contributed by atoms with Crippen LogP contribution in [-0.2, 0) is 9.84 Å². The molecule has 6 heteroatoms. The Morgan fingerprint density at radius 1 is 1.10 bits per heavy atom. The number of hydrogen-bond acceptors (Lipinski definition) is 5. The fraction of sp³-hybridized carbons (Fsp3) is 0.600. The predicted molar refractivity (Wildman–Crippen MR) is 86.2 cm³/mol. The molecule has 0 spiro atoms. The van der Waals surface area contributed by atoms with Gasteiger partial charge in [0.05, 0.1) is 24.2 Å². The summed E-state index contributed by atoms with van der Waals surface area (Å²) in [4.78, 5) is 0. The van der Waals surface area contributed by atoms with E-state index in [4.69, 9.17) is 9.47 Å². The highest BCUT2D eigenvalue weighted by Gasteiger charge is 2.15. The Kier molecular flexibility index (Phi) is 6.81. The Morgan fingerprint density at radius 3 is 2.29 bits per heavy atom. The van der Waals surface area contributed by atoms with Crippen molar-refractivity contribution in [2.75, 3.05) is 30.8 Å². The molecular weight excluding hydrogens is 290 g/mol. The zero-order valence-electron chi connectivity index (χ0n) is 13.2. The van der Waals surface area contributed by atoms with E-state index in [9.17, 15) is 8.42 Å². The molecule has 0 aliphatic heterocycles. The Hall–Kier alpha value is -1.43. The average Bonchev–Trinajstić information content (AvgIpc) is 2.41. The summed E-state index contributed by atoms with van der Waals surface area (Å²) in [6, 6.07) is 5.51. The van der Waals surface area contributed by atoms with Gasteiger partial charge in [-0.2, -0.15) is 0 Å². The van der Waals surface area contributed by atoms with E-state index in [0.29, 0.717) is 31.3 Å². The van der Waals surface area contributed by atoms with Crippen LogP contribution in [0.5, 0.6) is 11.5 Å². The van der Waals surface area contributed by atoms with Crippen molar-refractivity contribution in [3.8, 4) is 11.5 Å². The summed E-state index contributed by atoms with van der Waals surface area (Å²) < 4.78 is 34.5. The minimum atomic E-state index is -3.02. The van der Waals surface area contributed by atoms with Gasteiger partial charge in [0.2, 0.25) is 0 Å². The zero-order valence-corrected chi connectivity index (χ0v) is 14.0. The molecule has 1 N–H and O–H groups in total. The van der Waals surface area contributed by atoms with Crippen LogP contribution in [0.1, 0.15) is 27.7 Å². The van der Waals surface area contributed by atoms with Crippen LogP contribution in [0.15, 0.2) is 18.2 Å². The summed E-state index contributed by atoms with van der Waals surface area (Å²) in [5, 5.41) is 2.76. The highest BCUT2D eigenvalue weighted by Crippen LogP contribution is 2.30. The quantitative estimate of drug-likeness (QED) is 0.759. The standard InChI is InChI=1S/C15H25NO4S/c1-5-19-14-8-7-13(11-15(14)20-6-2)16-9-10-21(17,18)12(3)4/h7-8,11-12,16H,5-6,9-10H2,1-4H3. The van der Waals surface area contributed by atoms with Gasteiger partial charge in [-0.15, -0.1) is 0 Å². The van der Waals surface area contributed by atoms with Crippen LogP contribution in [0, 0.1) is 0 Å². The van der Waals surface area contributed by atoms with E-state index < -0.39 is 9.84 Å². The van der Waals surface area contributed by atoms with Crippen LogP contribution in [-0.4, -0.2) is 39.2 Å². The van der Waals surface area contributed by atoms with Gasteiger partial charge in [0.25, 0.3) is 0 Å². The molecule has 0 radical (unpaired) electrons. The molecule has 0 heterocycles. The van der Waals surface area contributed by atoms with Crippen molar-refractivity contribution < 1.29 is 17.9 Å². The molecule has 0 fully saturated rings. The van der Waals surface area contributed by atoms with E-state index in [1.54, 1.807) is 13.8 Å². The Labute approximate surface area is 127 Å². The second kappa shape index (κ2) is 8.12. The van der Waals surface area contributed by atoms with Crippen molar-refractivity contribution in [2.24, 2.45) is 0 Å². The highest BCUT2D eigenvalue weighted by atomic mass is 32.2. The largest absolute Gasteiger partial charge is 0.490 e. The van der Waals surface area contributed by atoms with Crippen molar-refractivity contribution in [1.82, 2.24) is 0 Å². The SMILES string of the molecule is CCOc1ccc(NCCS(=O)(=O)C(C)C)cc1OCC. The minimum absolute atomic E-state index is 0.113. The molecule has 21 heavy (non-hydrogen) atoms. The molecule has 0 atom stereocenters. The molecule has 0 amide bonds. The van der Waals surface area contributed by atoms with Crippen LogP contribution in [0.25, 0.3) is 0 Å². The number of rotatable bonds is 9. The lowest BCUT2D eigenvalue weighted by atomic mass is 10.2. The normalized spacial score (nSPS) is 11.5. The van der Waals surface area contributed by atoms with Gasteiger partial charge in [0.15, 0.2) is 21.3 Å². The first-order valence-corrected chi connectivity index (χ1v) is 8.97. The summed E-state index contributed by atoms with van der Waals surface area (Å²) in [6.45, 7) is 8.70. The Morgan fingerprint density at radius 2 is 1.71 bits per heavy atom. The number of nitrogens with one attached hydrogen (secondary N) is 1. The monoisotopic (exact) mass is 315 g/mol. The third-order valence-corrected chi connectivity index (χ3v) is 5.19. The number of ether oxygens (including phenoxy) is 2. The van der Waals surface area contributed by atoms with Gasteiger partial charge in [0, 0.05) is 18.3 Å². The Bertz CT molecular complexity index is 541. The van der Waals surface area contributed by atoms with E-state index in [-0.39, 0.29) is 11.0 Å². The molecule has 0 aromatic heterocycles. The molecular formula is C15H25NO4S. The van der Waals surface area contributed by atoms with Crippen molar-refractivity contribution in [3.05, 3.63) is 18.2 Å². The molecule has 0 saturated heterocycles. The van der Waals surface area contributed by atoms with Crippen LogP contribution in [0.4, 0.5) is 5.69 Å². The van der Waals surface area contributed by atoms with Gasteiger partial charge in [-0.3, -0.25) is 0 Å². The first-order valence-electron chi connectivity index (χ1n) is 7.25. The van der Waals surface area contributed by atoms with E-state index in [1.165, 1.54) is 0 Å². The Balaban J connectivity index is 2.70. The third-order valence-electron chi connectivity index (χ3n) is 2.98. The molecule has 0 saturated carbocycles. The number of hydrogen-bond donors (Lipinski definition) is 1. The van der Waals surface area contributed by atoms with E-state index >= 15 is 0 Å². The van der Waals surface area contributed by atoms with Crippen molar-refractivity contribution >= 4 is 15.5 Å². The third kappa shape index (κ3) is 5.46. The number of sulfone groups is 1. The van der Waals surface area contributed by atoms with Gasteiger partial charge >= 0.3 is 0 Å². The lowest BCUT2D eigenvalue weighted by molar-refractivity contribution is 0.288. The first kappa shape index (κ1) is 17.6. The summed E-state index contributed by atoms with van der Waals surface area (Å²) >= 11 is 0. The fourth-order valence-corrected chi connectivity index (χ4v) is 2.59. The molecule has 5 nitrogen and oxygen atoms in total. The van der Waals surface area contributed by atoms with Gasteiger partial charge < -0.3 is 14.8 Å². The maximum Gasteiger partial charge on any atom is 0.163 e.